The molecule has 0 aliphatic rings. The standard InChI is InChI=1S/C12H9N3OS/c13-6-9-3-1-2-4-11(9)15-12(16)5-10-7-17-8-14-10/h1-4,7-8H,5H2,(H,15,16). The van der Waals surface area contributed by atoms with Crippen molar-refractivity contribution in [3.05, 3.63) is 46.4 Å². The van der Waals surface area contributed by atoms with E-state index in [4.69, 9.17) is 5.26 Å². The second-order valence-corrected chi connectivity index (χ2v) is 4.08. The van der Waals surface area contributed by atoms with Crippen LogP contribution in [0.3, 0.4) is 0 Å². The fourth-order valence-corrected chi connectivity index (χ4v) is 1.93. The molecule has 1 N–H and O–H groups in total. The molecule has 4 nitrogen and oxygen atoms in total. The number of thiazole rings is 1. The molecule has 0 aliphatic heterocycles. The van der Waals surface area contributed by atoms with E-state index in [0.717, 1.165) is 5.69 Å². The Kier molecular flexibility index (Phi) is 3.48. The van der Waals surface area contributed by atoms with Crippen molar-refractivity contribution in [3.63, 3.8) is 0 Å². The van der Waals surface area contributed by atoms with Crippen molar-refractivity contribution in [1.82, 2.24) is 4.98 Å². The van der Waals surface area contributed by atoms with Crippen LogP contribution in [0.15, 0.2) is 35.2 Å². The van der Waals surface area contributed by atoms with Crippen LogP contribution in [0.25, 0.3) is 0 Å². The quantitative estimate of drug-likeness (QED) is 0.898. The first-order chi connectivity index (χ1) is 8.29. The van der Waals surface area contributed by atoms with Gasteiger partial charge in [0.2, 0.25) is 5.91 Å². The van der Waals surface area contributed by atoms with Crippen molar-refractivity contribution in [2.24, 2.45) is 0 Å². The molecule has 17 heavy (non-hydrogen) atoms. The Morgan fingerprint density at radius 1 is 1.47 bits per heavy atom. The van der Waals surface area contributed by atoms with E-state index in [2.05, 4.69) is 10.3 Å². The van der Waals surface area contributed by atoms with Crippen molar-refractivity contribution in [2.75, 3.05) is 5.32 Å². The van der Waals surface area contributed by atoms with E-state index in [0.29, 0.717) is 11.3 Å². The molecule has 0 aliphatic carbocycles. The fraction of sp³-hybridized carbons (Fsp3) is 0.0833. The monoisotopic (exact) mass is 243 g/mol. The first kappa shape index (κ1) is 11.3. The molecule has 84 valence electrons. The lowest BCUT2D eigenvalue weighted by Gasteiger charge is -2.05. The maximum Gasteiger partial charge on any atom is 0.230 e. The van der Waals surface area contributed by atoms with Crippen LogP contribution >= 0.6 is 11.3 Å². The second-order valence-electron chi connectivity index (χ2n) is 3.36. The van der Waals surface area contributed by atoms with Gasteiger partial charge in [0.15, 0.2) is 0 Å². The lowest BCUT2D eigenvalue weighted by Crippen LogP contribution is -2.15. The lowest BCUT2D eigenvalue weighted by atomic mass is 10.2. The van der Waals surface area contributed by atoms with Gasteiger partial charge in [-0.3, -0.25) is 4.79 Å². The van der Waals surface area contributed by atoms with Crippen LogP contribution in [0.4, 0.5) is 5.69 Å². The smallest absolute Gasteiger partial charge is 0.230 e. The number of para-hydroxylation sites is 1. The molecule has 0 unspecified atom stereocenters. The minimum atomic E-state index is -0.168. The molecule has 0 fully saturated rings. The van der Waals surface area contributed by atoms with Gasteiger partial charge in [-0.2, -0.15) is 5.26 Å². The molecule has 0 saturated heterocycles. The van der Waals surface area contributed by atoms with Crippen molar-refractivity contribution >= 4 is 22.9 Å². The Labute approximate surface area is 103 Å². The maximum atomic E-state index is 11.7. The summed E-state index contributed by atoms with van der Waals surface area (Å²) in [6, 6.07) is 8.94. The van der Waals surface area contributed by atoms with Crippen LogP contribution in [0, 0.1) is 11.3 Å². The van der Waals surface area contributed by atoms with Crippen molar-refractivity contribution in [3.8, 4) is 6.07 Å². The van der Waals surface area contributed by atoms with Crippen LogP contribution < -0.4 is 5.32 Å². The summed E-state index contributed by atoms with van der Waals surface area (Å²) in [6.45, 7) is 0. The average molecular weight is 243 g/mol. The molecular formula is C12H9N3OS. The number of nitrogens with one attached hydrogen (secondary N) is 1. The minimum Gasteiger partial charge on any atom is -0.325 e. The highest BCUT2D eigenvalue weighted by atomic mass is 32.1. The van der Waals surface area contributed by atoms with Gasteiger partial charge in [0.05, 0.1) is 28.9 Å². The number of nitrogens with zero attached hydrogens (tertiary/aromatic N) is 2. The Bertz CT molecular complexity index is 557. The fourth-order valence-electron chi connectivity index (χ4n) is 1.37. The summed E-state index contributed by atoms with van der Waals surface area (Å²) in [7, 11) is 0. The van der Waals surface area contributed by atoms with Gasteiger partial charge < -0.3 is 5.32 Å². The van der Waals surface area contributed by atoms with E-state index in [1.807, 2.05) is 11.4 Å². The minimum absolute atomic E-state index is 0.168. The lowest BCUT2D eigenvalue weighted by molar-refractivity contribution is -0.115. The molecule has 2 aromatic rings. The van der Waals surface area contributed by atoms with Crippen LogP contribution in [0.5, 0.6) is 0 Å². The number of benzene rings is 1. The van der Waals surface area contributed by atoms with Crippen LogP contribution in [0.1, 0.15) is 11.3 Å². The molecule has 1 aromatic carbocycles. The van der Waals surface area contributed by atoms with Gasteiger partial charge in [0.1, 0.15) is 6.07 Å². The van der Waals surface area contributed by atoms with Crippen molar-refractivity contribution < 1.29 is 4.79 Å². The number of hydrogen-bond acceptors (Lipinski definition) is 4. The van der Waals surface area contributed by atoms with Gasteiger partial charge in [-0.1, -0.05) is 12.1 Å². The highest BCUT2D eigenvalue weighted by molar-refractivity contribution is 7.07. The summed E-state index contributed by atoms with van der Waals surface area (Å²) >= 11 is 1.45. The number of nitriles is 1. The predicted octanol–water partition coefficient (Wildman–Crippen LogP) is 2.20. The number of carbonyl (C=O) groups is 1. The molecule has 2 rings (SSSR count). The van der Waals surface area contributed by atoms with Crippen molar-refractivity contribution in [1.29, 1.82) is 5.26 Å². The zero-order valence-corrected chi connectivity index (χ0v) is 9.70. The number of anilines is 1. The van der Waals surface area contributed by atoms with Crippen LogP contribution in [0.2, 0.25) is 0 Å². The van der Waals surface area contributed by atoms with Gasteiger partial charge in [0.25, 0.3) is 0 Å². The Balaban J connectivity index is 2.06. The van der Waals surface area contributed by atoms with Crippen LogP contribution in [-0.4, -0.2) is 10.9 Å². The Hall–Kier alpha value is -2.19. The third kappa shape index (κ3) is 2.89. The van der Waals surface area contributed by atoms with E-state index < -0.39 is 0 Å². The van der Waals surface area contributed by atoms with Gasteiger partial charge >= 0.3 is 0 Å². The zero-order chi connectivity index (χ0) is 12.1. The van der Waals surface area contributed by atoms with E-state index in [1.54, 1.807) is 29.8 Å². The molecule has 1 amide bonds. The van der Waals surface area contributed by atoms with Gasteiger partial charge in [-0.05, 0) is 12.1 Å². The Morgan fingerprint density at radius 2 is 2.29 bits per heavy atom. The molecular weight excluding hydrogens is 234 g/mol. The first-order valence-electron chi connectivity index (χ1n) is 4.95. The average Bonchev–Trinajstić information content (AvgIpc) is 2.82. The Morgan fingerprint density at radius 3 is 3.00 bits per heavy atom. The third-order valence-electron chi connectivity index (χ3n) is 2.15. The normalized spacial score (nSPS) is 9.59. The molecule has 0 bridgehead atoms. The zero-order valence-electron chi connectivity index (χ0n) is 8.88. The second kappa shape index (κ2) is 5.23. The number of amides is 1. The maximum absolute atomic E-state index is 11.7. The van der Waals surface area contributed by atoms with E-state index >= 15 is 0 Å². The van der Waals surface area contributed by atoms with Crippen molar-refractivity contribution in [2.45, 2.75) is 6.42 Å². The molecule has 0 saturated carbocycles. The highest BCUT2D eigenvalue weighted by Crippen LogP contribution is 2.14. The van der Waals surface area contributed by atoms with E-state index in [-0.39, 0.29) is 12.3 Å². The molecule has 1 heterocycles. The molecule has 0 atom stereocenters. The highest BCUT2D eigenvalue weighted by Gasteiger charge is 2.07. The number of rotatable bonds is 3. The molecule has 0 spiro atoms. The summed E-state index contributed by atoms with van der Waals surface area (Å²) in [5.74, 6) is -0.168. The number of aromatic nitrogens is 1. The molecule has 1 aromatic heterocycles. The molecule has 0 radical (unpaired) electrons. The van der Waals surface area contributed by atoms with Gasteiger partial charge in [0, 0.05) is 5.38 Å². The summed E-state index contributed by atoms with van der Waals surface area (Å²) in [5.41, 5.74) is 3.42. The largest absolute Gasteiger partial charge is 0.325 e. The topological polar surface area (TPSA) is 65.8 Å². The molecule has 5 heteroatoms. The van der Waals surface area contributed by atoms with Gasteiger partial charge in [-0.25, -0.2) is 4.98 Å². The van der Waals surface area contributed by atoms with Gasteiger partial charge in [-0.15, -0.1) is 11.3 Å². The number of hydrogen-bond donors (Lipinski definition) is 1. The van der Waals surface area contributed by atoms with E-state index in [9.17, 15) is 4.79 Å². The summed E-state index contributed by atoms with van der Waals surface area (Å²) in [6.07, 6.45) is 0.225. The summed E-state index contributed by atoms with van der Waals surface area (Å²) in [4.78, 5) is 15.7. The first-order valence-corrected chi connectivity index (χ1v) is 5.90. The summed E-state index contributed by atoms with van der Waals surface area (Å²) in [5, 5.41) is 13.4. The third-order valence-corrected chi connectivity index (χ3v) is 2.78. The SMILES string of the molecule is N#Cc1ccccc1NC(=O)Cc1cscn1. The van der Waals surface area contributed by atoms with E-state index in [1.165, 1.54) is 11.3 Å². The summed E-state index contributed by atoms with van der Waals surface area (Å²) < 4.78 is 0. The number of carbonyl (C=O) groups excluding carboxylic acids is 1. The van der Waals surface area contributed by atoms with Crippen LogP contribution in [-0.2, 0) is 11.2 Å². The predicted molar refractivity (Wildman–Crippen MR) is 65.6 cm³/mol.